The molecule has 0 aromatic rings. The number of fused-ring (bicyclic) bond motifs is 2. The van der Waals surface area contributed by atoms with Crippen molar-refractivity contribution >= 4 is 34.1 Å². The van der Waals surface area contributed by atoms with Crippen molar-refractivity contribution in [1.82, 2.24) is 20.2 Å². The van der Waals surface area contributed by atoms with Crippen molar-refractivity contribution in [3.63, 3.8) is 0 Å². The van der Waals surface area contributed by atoms with Crippen LogP contribution in [0.3, 0.4) is 0 Å². The molecule has 4 amide bonds. The van der Waals surface area contributed by atoms with E-state index < -0.39 is 40.3 Å². The summed E-state index contributed by atoms with van der Waals surface area (Å²) in [6, 6.07) is -2.17. The Morgan fingerprint density at radius 2 is 1.93 bits per heavy atom. The third-order valence-electron chi connectivity index (χ3n) is 5.09. The molecule has 0 aromatic carbocycles. The molecular formula is C14H20N5NaO7S. The van der Waals surface area contributed by atoms with Gasteiger partial charge in [0.1, 0.15) is 5.84 Å². The Morgan fingerprint density at radius 1 is 1.25 bits per heavy atom. The number of hydroxylamine groups is 2. The number of hydrogen-bond donors (Lipinski definition) is 2. The molecule has 0 spiro atoms. The van der Waals surface area contributed by atoms with Crippen LogP contribution in [0, 0.1) is 11.3 Å². The summed E-state index contributed by atoms with van der Waals surface area (Å²) in [5.74, 6) is -1.12. The van der Waals surface area contributed by atoms with Crippen LogP contribution in [0.4, 0.5) is 4.79 Å². The molecule has 3 saturated heterocycles. The predicted octanol–water partition coefficient (Wildman–Crippen LogP) is -4.39. The fraction of sp³-hybridized carbons (Fsp3) is 0.714. The molecule has 3 aliphatic rings. The van der Waals surface area contributed by atoms with Gasteiger partial charge in [0.05, 0.1) is 18.0 Å². The van der Waals surface area contributed by atoms with Crippen molar-refractivity contribution in [1.29, 1.82) is 5.41 Å². The fourth-order valence-electron chi connectivity index (χ4n) is 3.71. The molecule has 0 radical (unpaired) electrons. The van der Waals surface area contributed by atoms with E-state index in [4.69, 9.17) is 5.41 Å². The van der Waals surface area contributed by atoms with E-state index in [1.807, 2.05) is 0 Å². The Morgan fingerprint density at radius 3 is 2.50 bits per heavy atom. The molecule has 3 fully saturated rings. The summed E-state index contributed by atoms with van der Waals surface area (Å²) in [6.45, 7) is 2.29. The first-order valence-electron chi connectivity index (χ1n) is 8.47. The molecule has 2 bridgehead atoms. The van der Waals surface area contributed by atoms with Gasteiger partial charge in [-0.25, -0.2) is 13.2 Å². The van der Waals surface area contributed by atoms with Crippen LogP contribution in [0.2, 0.25) is 0 Å². The third kappa shape index (κ3) is 4.83. The van der Waals surface area contributed by atoms with Crippen molar-refractivity contribution in [2.45, 2.75) is 38.3 Å². The molecule has 3 aliphatic heterocycles. The number of carbonyl (C=O) groups excluding carboxylic acids is 3. The summed E-state index contributed by atoms with van der Waals surface area (Å²) in [4.78, 5) is 38.8. The second kappa shape index (κ2) is 8.63. The maximum Gasteiger partial charge on any atom is 1.00 e. The number of carbonyl (C=O) groups is 3. The van der Waals surface area contributed by atoms with Gasteiger partial charge in [-0.1, -0.05) is 0 Å². The molecule has 0 unspecified atom stereocenters. The Bertz CT molecular complexity index is 791. The number of piperidine rings is 1. The van der Waals surface area contributed by atoms with Gasteiger partial charge in [0.25, 0.3) is 0 Å². The van der Waals surface area contributed by atoms with Crippen molar-refractivity contribution in [3.8, 4) is 0 Å². The number of urea groups is 1. The van der Waals surface area contributed by atoms with Crippen molar-refractivity contribution < 1.29 is 61.2 Å². The summed E-state index contributed by atoms with van der Waals surface area (Å²) < 4.78 is 36.6. The minimum Gasteiger partial charge on any atom is -0.724 e. The van der Waals surface area contributed by atoms with E-state index in [9.17, 15) is 27.4 Å². The van der Waals surface area contributed by atoms with Gasteiger partial charge in [-0.15, -0.1) is 0 Å². The van der Waals surface area contributed by atoms with Gasteiger partial charge in [0, 0.05) is 26.6 Å². The fourth-order valence-corrected chi connectivity index (χ4v) is 4.09. The van der Waals surface area contributed by atoms with E-state index in [2.05, 4.69) is 9.60 Å². The van der Waals surface area contributed by atoms with Crippen LogP contribution >= 0.6 is 0 Å². The maximum atomic E-state index is 12.4. The normalized spacial score (nSPS) is 26.9. The summed E-state index contributed by atoms with van der Waals surface area (Å²) in [5.41, 5.74) is 0. The zero-order chi connectivity index (χ0) is 19.9. The molecule has 0 saturated carbocycles. The Kier molecular flexibility index (Phi) is 7.10. The monoisotopic (exact) mass is 425 g/mol. The van der Waals surface area contributed by atoms with E-state index in [1.165, 1.54) is 11.8 Å². The molecule has 28 heavy (non-hydrogen) atoms. The molecule has 2 N–H and O–H groups in total. The molecule has 0 aliphatic carbocycles. The zero-order valence-electron chi connectivity index (χ0n) is 15.6. The van der Waals surface area contributed by atoms with Crippen LogP contribution < -0.4 is 34.9 Å². The molecule has 14 heteroatoms. The van der Waals surface area contributed by atoms with Crippen molar-refractivity contribution in [2.75, 3.05) is 19.6 Å². The van der Waals surface area contributed by atoms with Gasteiger partial charge in [0.15, 0.2) is 0 Å². The number of nitrogens with zero attached hydrogens (tertiary/aromatic N) is 3. The maximum absolute atomic E-state index is 12.4. The summed E-state index contributed by atoms with van der Waals surface area (Å²) in [6.07, 6.45) is 1.14. The van der Waals surface area contributed by atoms with Gasteiger partial charge in [0.2, 0.25) is 22.2 Å². The van der Waals surface area contributed by atoms with Crippen LogP contribution in [0.1, 0.15) is 26.2 Å². The number of amides is 4. The van der Waals surface area contributed by atoms with Gasteiger partial charge >= 0.3 is 35.6 Å². The largest absolute Gasteiger partial charge is 1.00 e. The van der Waals surface area contributed by atoms with E-state index in [1.54, 1.807) is 4.90 Å². The molecular weight excluding hydrogens is 405 g/mol. The Balaban J connectivity index is 0.00000280. The Hall–Kier alpha value is -1.25. The number of amidine groups is 1. The van der Waals surface area contributed by atoms with Gasteiger partial charge in [-0.2, -0.15) is 9.35 Å². The SMILES string of the molecule is CC(=O)N1CC[C@H](C(=O)NC(=N)[C@@H]2CC[C@@H]3CN2C(=O)N3OS(=O)(=O)[O-])C1.[Na+]. The third-order valence-corrected chi connectivity index (χ3v) is 5.43. The number of rotatable bonds is 4. The van der Waals surface area contributed by atoms with E-state index in [0.717, 1.165) is 0 Å². The molecule has 0 aromatic heterocycles. The second-order valence-electron chi connectivity index (χ2n) is 6.84. The average molecular weight is 425 g/mol. The van der Waals surface area contributed by atoms with Crippen LogP contribution in [0.5, 0.6) is 0 Å². The standard InChI is InChI=1S/C14H21N5O7S.Na/c1-8(20)17-5-4-9(6-17)13(21)16-12(15)11-3-2-10-7-18(11)14(22)19(10)26-27(23,24)25;/h9-11H,2-7H2,1H3,(H2,15,16,21)(H,23,24,25);/q;+1/p-1/t9-,10+,11-;/m0./s1. The van der Waals surface area contributed by atoms with Gasteiger partial charge in [-0.05, 0) is 19.3 Å². The van der Waals surface area contributed by atoms with Crippen LogP contribution in [0.15, 0.2) is 0 Å². The first-order chi connectivity index (χ1) is 12.6. The summed E-state index contributed by atoms with van der Waals surface area (Å²) in [7, 11) is -5.09. The number of likely N-dealkylation sites (tertiary alicyclic amines) is 1. The van der Waals surface area contributed by atoms with E-state index >= 15 is 0 Å². The minimum atomic E-state index is -5.09. The molecule has 12 nitrogen and oxygen atoms in total. The van der Waals surface area contributed by atoms with Gasteiger partial charge in [-0.3, -0.25) is 15.0 Å². The van der Waals surface area contributed by atoms with Crippen molar-refractivity contribution in [3.05, 3.63) is 0 Å². The zero-order valence-corrected chi connectivity index (χ0v) is 18.4. The van der Waals surface area contributed by atoms with Gasteiger partial charge < -0.3 is 19.7 Å². The molecule has 3 heterocycles. The molecule has 3 atom stereocenters. The second-order valence-corrected chi connectivity index (χ2v) is 7.81. The van der Waals surface area contributed by atoms with E-state index in [-0.39, 0.29) is 54.4 Å². The first kappa shape index (κ1) is 23.0. The topological polar surface area (TPSA) is 163 Å². The summed E-state index contributed by atoms with van der Waals surface area (Å²) in [5, 5.41) is 11.2. The number of nitrogens with one attached hydrogen (secondary N) is 2. The van der Waals surface area contributed by atoms with Crippen LogP contribution in [-0.2, 0) is 24.3 Å². The molecule has 3 rings (SSSR count). The van der Waals surface area contributed by atoms with Crippen LogP contribution in [0.25, 0.3) is 0 Å². The minimum absolute atomic E-state index is 0. The average Bonchev–Trinajstić information content (AvgIpc) is 3.15. The van der Waals surface area contributed by atoms with Crippen molar-refractivity contribution in [2.24, 2.45) is 5.92 Å². The first-order valence-corrected chi connectivity index (χ1v) is 9.80. The smallest absolute Gasteiger partial charge is 0.724 e. The number of hydrogen-bond acceptors (Lipinski definition) is 8. The Labute approximate surface area is 184 Å². The van der Waals surface area contributed by atoms with E-state index in [0.29, 0.717) is 30.9 Å². The molecule has 150 valence electrons. The quantitative estimate of drug-likeness (QED) is 0.151. The van der Waals surface area contributed by atoms with Crippen LogP contribution in [-0.4, -0.2) is 83.2 Å². The summed E-state index contributed by atoms with van der Waals surface area (Å²) >= 11 is 0. The predicted molar refractivity (Wildman–Crippen MR) is 87.8 cm³/mol.